The lowest BCUT2D eigenvalue weighted by Gasteiger charge is -2.20. The second-order valence-corrected chi connectivity index (χ2v) is 10.3. The summed E-state index contributed by atoms with van der Waals surface area (Å²) in [6.45, 7) is 4.99. The zero-order valence-electron chi connectivity index (χ0n) is 14.1. The highest BCUT2D eigenvalue weighted by Crippen LogP contribution is 2.27. The van der Waals surface area contributed by atoms with Crippen LogP contribution in [-0.4, -0.2) is 52.8 Å². The van der Waals surface area contributed by atoms with Crippen LogP contribution >= 0.6 is 0 Å². The maximum atomic E-state index is 12.9. The number of rotatable bonds is 8. The second-order valence-electron chi connectivity index (χ2n) is 5.98. The Hall–Kier alpha value is -1.12. The standard InChI is InChI=1S/C16H25NO5S2/c1-3-5-10-17-15-11-23(18,19)12-16(15)24(20,21)14-8-6-13(7-9-14)22-4-2/h6-9,15-17H,3-5,10-12H2,1-2H3. The fourth-order valence-corrected chi connectivity index (χ4v) is 7.56. The zero-order chi connectivity index (χ0) is 17.8. The molecule has 8 heteroatoms. The van der Waals surface area contributed by atoms with Gasteiger partial charge < -0.3 is 10.1 Å². The first-order valence-corrected chi connectivity index (χ1v) is 11.6. The first kappa shape index (κ1) is 19.2. The minimum absolute atomic E-state index is 0.127. The molecule has 2 atom stereocenters. The molecule has 1 saturated heterocycles. The number of hydrogen-bond donors (Lipinski definition) is 1. The average molecular weight is 376 g/mol. The van der Waals surface area contributed by atoms with Crippen molar-refractivity contribution in [3.05, 3.63) is 24.3 Å². The van der Waals surface area contributed by atoms with Crippen LogP contribution in [0.1, 0.15) is 26.7 Å². The summed E-state index contributed by atoms with van der Waals surface area (Å²) in [4.78, 5) is 0.135. The molecule has 1 fully saturated rings. The van der Waals surface area contributed by atoms with E-state index in [4.69, 9.17) is 4.74 Å². The first-order valence-electron chi connectivity index (χ1n) is 8.20. The Kier molecular flexibility index (Phi) is 6.28. The Morgan fingerprint density at radius 2 is 1.83 bits per heavy atom. The molecule has 1 aliphatic heterocycles. The van der Waals surface area contributed by atoms with Crippen LogP contribution in [0.25, 0.3) is 0 Å². The third-order valence-electron chi connectivity index (χ3n) is 4.10. The van der Waals surface area contributed by atoms with Gasteiger partial charge in [-0.1, -0.05) is 13.3 Å². The maximum absolute atomic E-state index is 12.9. The van der Waals surface area contributed by atoms with Crippen molar-refractivity contribution in [3.8, 4) is 5.75 Å². The van der Waals surface area contributed by atoms with Crippen molar-refractivity contribution in [1.29, 1.82) is 0 Å². The smallest absolute Gasteiger partial charge is 0.183 e. The number of ether oxygens (including phenoxy) is 1. The maximum Gasteiger partial charge on any atom is 0.183 e. The van der Waals surface area contributed by atoms with E-state index in [9.17, 15) is 16.8 Å². The minimum atomic E-state index is -3.72. The van der Waals surface area contributed by atoms with Gasteiger partial charge >= 0.3 is 0 Å². The van der Waals surface area contributed by atoms with Gasteiger partial charge in [-0.15, -0.1) is 0 Å². The number of unbranched alkanes of at least 4 members (excludes halogenated alkanes) is 1. The second kappa shape index (κ2) is 7.84. The van der Waals surface area contributed by atoms with Crippen molar-refractivity contribution >= 4 is 19.7 Å². The molecular formula is C16H25NO5S2. The van der Waals surface area contributed by atoms with E-state index in [1.54, 1.807) is 12.1 Å². The van der Waals surface area contributed by atoms with Crippen LogP contribution in [0.3, 0.4) is 0 Å². The van der Waals surface area contributed by atoms with E-state index in [2.05, 4.69) is 5.32 Å². The van der Waals surface area contributed by atoms with Gasteiger partial charge in [0.15, 0.2) is 19.7 Å². The van der Waals surface area contributed by atoms with Crippen LogP contribution in [0.2, 0.25) is 0 Å². The average Bonchev–Trinajstić information content (AvgIpc) is 2.84. The molecule has 6 nitrogen and oxygen atoms in total. The van der Waals surface area contributed by atoms with Gasteiger partial charge in [-0.25, -0.2) is 16.8 Å². The van der Waals surface area contributed by atoms with Gasteiger partial charge in [0.05, 0.1) is 28.3 Å². The highest BCUT2D eigenvalue weighted by molar-refractivity contribution is 7.96. The van der Waals surface area contributed by atoms with Crippen LogP contribution < -0.4 is 10.1 Å². The summed E-state index contributed by atoms with van der Waals surface area (Å²) in [5.41, 5.74) is 0. The molecule has 0 aromatic heterocycles. The summed E-state index contributed by atoms with van der Waals surface area (Å²) in [5.74, 6) is 0.136. The van der Waals surface area contributed by atoms with Gasteiger partial charge in [0.2, 0.25) is 0 Å². The number of hydrogen-bond acceptors (Lipinski definition) is 6. The lowest BCUT2D eigenvalue weighted by molar-refractivity contribution is 0.340. The van der Waals surface area contributed by atoms with Crippen LogP contribution in [0.5, 0.6) is 5.75 Å². The third kappa shape index (κ3) is 4.49. The minimum Gasteiger partial charge on any atom is -0.494 e. The topological polar surface area (TPSA) is 89.5 Å². The molecule has 0 amide bonds. The summed E-state index contributed by atoms with van der Waals surface area (Å²) >= 11 is 0. The number of benzene rings is 1. The van der Waals surface area contributed by atoms with Crippen molar-refractivity contribution in [1.82, 2.24) is 5.32 Å². The quantitative estimate of drug-likeness (QED) is 0.691. The van der Waals surface area contributed by atoms with Crippen LogP contribution in [0, 0.1) is 0 Å². The molecule has 0 spiro atoms. The fourth-order valence-electron chi connectivity index (χ4n) is 2.84. The third-order valence-corrected chi connectivity index (χ3v) is 8.27. The largest absolute Gasteiger partial charge is 0.494 e. The zero-order valence-corrected chi connectivity index (χ0v) is 15.7. The molecule has 1 heterocycles. The van der Waals surface area contributed by atoms with Gasteiger partial charge in [-0.2, -0.15) is 0 Å². The van der Waals surface area contributed by atoms with Gasteiger partial charge in [0, 0.05) is 6.04 Å². The van der Waals surface area contributed by atoms with Gasteiger partial charge in [0.25, 0.3) is 0 Å². The van der Waals surface area contributed by atoms with E-state index in [1.165, 1.54) is 12.1 Å². The van der Waals surface area contributed by atoms with E-state index >= 15 is 0 Å². The Balaban J connectivity index is 2.24. The van der Waals surface area contributed by atoms with E-state index in [1.807, 2.05) is 13.8 Å². The molecular weight excluding hydrogens is 350 g/mol. The Morgan fingerprint density at radius 3 is 2.42 bits per heavy atom. The summed E-state index contributed by atoms with van der Waals surface area (Å²) in [5, 5.41) is 2.17. The fraction of sp³-hybridized carbons (Fsp3) is 0.625. The van der Waals surface area contributed by atoms with Crippen LogP contribution in [-0.2, 0) is 19.7 Å². The summed E-state index contributed by atoms with van der Waals surface area (Å²) in [6.07, 6.45) is 1.84. The Labute approximate surface area is 144 Å². The van der Waals surface area contributed by atoms with Crippen molar-refractivity contribution < 1.29 is 21.6 Å². The Bertz CT molecular complexity index is 741. The van der Waals surface area contributed by atoms with Gasteiger partial charge in [-0.3, -0.25) is 0 Å². The molecule has 1 aromatic rings. The summed E-state index contributed by atoms with van der Waals surface area (Å²) in [6, 6.07) is 5.60. The van der Waals surface area contributed by atoms with E-state index in [0.717, 1.165) is 12.8 Å². The van der Waals surface area contributed by atoms with Crippen LogP contribution in [0.15, 0.2) is 29.2 Å². The highest BCUT2D eigenvalue weighted by atomic mass is 32.2. The SMILES string of the molecule is CCCCNC1CS(=O)(=O)CC1S(=O)(=O)c1ccc(OCC)cc1. The van der Waals surface area contributed by atoms with Crippen molar-refractivity contribution in [2.24, 2.45) is 0 Å². The molecule has 0 saturated carbocycles. The molecule has 0 bridgehead atoms. The van der Waals surface area contributed by atoms with Crippen molar-refractivity contribution in [3.63, 3.8) is 0 Å². The molecule has 1 N–H and O–H groups in total. The molecule has 1 aromatic carbocycles. The summed E-state index contributed by atoms with van der Waals surface area (Å²) in [7, 11) is -7.08. The lowest BCUT2D eigenvalue weighted by Crippen LogP contribution is -2.43. The van der Waals surface area contributed by atoms with E-state index < -0.39 is 31.0 Å². The predicted octanol–water partition coefficient (Wildman–Crippen LogP) is 1.41. The Morgan fingerprint density at radius 1 is 1.17 bits per heavy atom. The normalized spacial score (nSPS) is 23.2. The van der Waals surface area contributed by atoms with Gasteiger partial charge in [-0.05, 0) is 44.2 Å². The van der Waals surface area contributed by atoms with E-state index in [0.29, 0.717) is 18.9 Å². The van der Waals surface area contributed by atoms with Crippen molar-refractivity contribution in [2.75, 3.05) is 24.7 Å². The molecule has 24 heavy (non-hydrogen) atoms. The lowest BCUT2D eigenvalue weighted by atomic mass is 10.2. The van der Waals surface area contributed by atoms with Gasteiger partial charge in [0.1, 0.15) is 5.75 Å². The first-order chi connectivity index (χ1) is 11.3. The molecule has 0 radical (unpaired) electrons. The number of sulfone groups is 2. The van der Waals surface area contributed by atoms with Crippen molar-refractivity contribution in [2.45, 2.75) is 42.9 Å². The monoisotopic (exact) mass is 375 g/mol. The molecule has 0 aliphatic carbocycles. The predicted molar refractivity (Wildman–Crippen MR) is 93.9 cm³/mol. The van der Waals surface area contributed by atoms with Crippen LogP contribution in [0.4, 0.5) is 0 Å². The van der Waals surface area contributed by atoms with E-state index in [-0.39, 0.29) is 16.4 Å². The summed E-state index contributed by atoms with van der Waals surface area (Å²) < 4.78 is 55.0. The highest BCUT2D eigenvalue weighted by Gasteiger charge is 2.45. The number of nitrogens with one attached hydrogen (secondary N) is 1. The molecule has 1 aliphatic rings. The molecule has 136 valence electrons. The molecule has 2 unspecified atom stereocenters. The molecule has 2 rings (SSSR count).